The van der Waals surface area contributed by atoms with Crippen LogP contribution in [0.15, 0.2) is 55.1 Å². The van der Waals surface area contributed by atoms with Gasteiger partial charge in [-0.05, 0) is 36.8 Å². The molecule has 1 atom stereocenters. The van der Waals surface area contributed by atoms with Gasteiger partial charge in [-0.1, -0.05) is 47.5 Å². The second-order valence-electron chi connectivity index (χ2n) is 6.45. The summed E-state index contributed by atoms with van der Waals surface area (Å²) in [7, 11) is 0. The molecule has 3 nitrogen and oxygen atoms in total. The monoisotopic (exact) mass is 336 g/mol. The normalized spacial score (nSPS) is 12.4. The predicted molar refractivity (Wildman–Crippen MR) is 103 cm³/mol. The number of fused-ring (bicyclic) bond motifs is 2. The lowest BCUT2D eigenvalue weighted by atomic mass is 9.99. The standard InChI is InChI=1S/C22H24O3/c1-4-9-24-13-19(23)14-25-22-20-8-6-15(2)10-18(20)12-17-7-5-16(3)11-21(17)22/h4-8,10-12,19,23H,1,9,13-14H2,2-3H3. The number of aliphatic hydroxyl groups is 1. The van der Waals surface area contributed by atoms with E-state index in [1.807, 2.05) is 0 Å². The van der Waals surface area contributed by atoms with Crippen molar-refractivity contribution in [3.8, 4) is 5.75 Å². The zero-order valence-electron chi connectivity index (χ0n) is 14.8. The van der Waals surface area contributed by atoms with E-state index in [1.165, 1.54) is 11.1 Å². The van der Waals surface area contributed by atoms with Gasteiger partial charge in [0, 0.05) is 10.8 Å². The third kappa shape index (κ3) is 4.01. The molecule has 0 saturated carbocycles. The lowest BCUT2D eigenvalue weighted by Crippen LogP contribution is -2.23. The Morgan fingerprint density at radius 3 is 2.52 bits per heavy atom. The lowest BCUT2D eigenvalue weighted by molar-refractivity contribution is 0.0220. The summed E-state index contributed by atoms with van der Waals surface area (Å²) in [4.78, 5) is 0. The molecule has 0 heterocycles. The first-order chi connectivity index (χ1) is 12.1. The number of hydrogen-bond acceptors (Lipinski definition) is 3. The Balaban J connectivity index is 1.97. The first-order valence-corrected chi connectivity index (χ1v) is 8.51. The highest BCUT2D eigenvalue weighted by molar-refractivity contribution is 6.05. The van der Waals surface area contributed by atoms with Gasteiger partial charge in [0.1, 0.15) is 18.5 Å². The van der Waals surface area contributed by atoms with Gasteiger partial charge < -0.3 is 14.6 Å². The first kappa shape index (κ1) is 17.5. The summed E-state index contributed by atoms with van der Waals surface area (Å²) in [5, 5.41) is 14.5. The second-order valence-corrected chi connectivity index (χ2v) is 6.45. The highest BCUT2D eigenvalue weighted by atomic mass is 16.5. The van der Waals surface area contributed by atoms with E-state index in [0.717, 1.165) is 27.3 Å². The van der Waals surface area contributed by atoms with Crippen LogP contribution < -0.4 is 4.74 Å². The molecule has 0 fully saturated rings. The molecular formula is C22H24O3. The first-order valence-electron chi connectivity index (χ1n) is 8.51. The summed E-state index contributed by atoms with van der Waals surface area (Å²) < 4.78 is 11.4. The number of rotatable bonds is 7. The van der Waals surface area contributed by atoms with Crippen molar-refractivity contribution in [3.63, 3.8) is 0 Å². The Morgan fingerprint density at radius 2 is 1.72 bits per heavy atom. The summed E-state index contributed by atoms with van der Waals surface area (Å²) in [6, 6.07) is 14.9. The van der Waals surface area contributed by atoms with Gasteiger partial charge in [-0.25, -0.2) is 0 Å². The summed E-state index contributed by atoms with van der Waals surface area (Å²) in [5.74, 6) is 0.818. The number of aryl methyl sites for hydroxylation is 2. The van der Waals surface area contributed by atoms with Crippen LogP contribution in [0.25, 0.3) is 21.5 Å². The van der Waals surface area contributed by atoms with Crippen LogP contribution >= 0.6 is 0 Å². The Morgan fingerprint density at radius 1 is 0.960 bits per heavy atom. The molecule has 0 saturated heterocycles. The maximum absolute atomic E-state index is 10.1. The van der Waals surface area contributed by atoms with Gasteiger partial charge in [-0.3, -0.25) is 0 Å². The smallest absolute Gasteiger partial charge is 0.135 e. The minimum atomic E-state index is -0.680. The molecule has 0 bridgehead atoms. The number of benzene rings is 3. The van der Waals surface area contributed by atoms with Gasteiger partial charge in [0.15, 0.2) is 0 Å². The van der Waals surface area contributed by atoms with E-state index in [-0.39, 0.29) is 13.2 Å². The van der Waals surface area contributed by atoms with Crippen LogP contribution in [0.1, 0.15) is 11.1 Å². The summed E-state index contributed by atoms with van der Waals surface area (Å²) in [5.41, 5.74) is 2.39. The maximum atomic E-state index is 10.1. The van der Waals surface area contributed by atoms with E-state index < -0.39 is 6.10 Å². The summed E-state index contributed by atoms with van der Waals surface area (Å²) in [6.45, 7) is 8.59. The van der Waals surface area contributed by atoms with Crippen LogP contribution in [0, 0.1) is 13.8 Å². The Labute approximate surface area is 148 Å². The van der Waals surface area contributed by atoms with Crippen LogP contribution in [0.4, 0.5) is 0 Å². The SMILES string of the molecule is C=CCOCC(O)COc1c2ccc(C)cc2cc2ccc(C)cc12. The molecule has 130 valence electrons. The highest BCUT2D eigenvalue weighted by Crippen LogP contribution is 2.36. The quantitative estimate of drug-likeness (QED) is 0.391. The van der Waals surface area contributed by atoms with Crippen molar-refractivity contribution < 1.29 is 14.6 Å². The predicted octanol–water partition coefficient (Wildman–Crippen LogP) is 4.55. The molecule has 0 aromatic heterocycles. The summed E-state index contributed by atoms with van der Waals surface area (Å²) in [6.07, 6.45) is 0.984. The van der Waals surface area contributed by atoms with Crippen LogP contribution in [0.5, 0.6) is 5.75 Å². The molecule has 1 N–H and O–H groups in total. The van der Waals surface area contributed by atoms with Gasteiger partial charge in [-0.2, -0.15) is 0 Å². The molecule has 0 aliphatic rings. The molecule has 0 aliphatic carbocycles. The zero-order chi connectivity index (χ0) is 17.8. The topological polar surface area (TPSA) is 38.7 Å². The van der Waals surface area contributed by atoms with E-state index in [0.29, 0.717) is 6.61 Å². The lowest BCUT2D eigenvalue weighted by Gasteiger charge is -2.17. The van der Waals surface area contributed by atoms with Crippen molar-refractivity contribution in [2.24, 2.45) is 0 Å². The third-order valence-corrected chi connectivity index (χ3v) is 4.18. The Kier molecular flexibility index (Phi) is 5.37. The second kappa shape index (κ2) is 7.68. The average Bonchev–Trinajstić information content (AvgIpc) is 2.59. The highest BCUT2D eigenvalue weighted by Gasteiger charge is 2.12. The molecule has 0 amide bonds. The van der Waals surface area contributed by atoms with Crippen molar-refractivity contribution in [2.75, 3.05) is 19.8 Å². The van der Waals surface area contributed by atoms with Gasteiger partial charge >= 0.3 is 0 Å². The molecule has 3 rings (SSSR count). The van der Waals surface area contributed by atoms with Crippen molar-refractivity contribution in [2.45, 2.75) is 20.0 Å². The number of ether oxygens (including phenoxy) is 2. The maximum Gasteiger partial charge on any atom is 0.135 e. The Bertz CT molecular complexity index is 899. The third-order valence-electron chi connectivity index (χ3n) is 4.18. The average molecular weight is 336 g/mol. The fraction of sp³-hybridized carbons (Fsp3) is 0.273. The van der Waals surface area contributed by atoms with E-state index >= 15 is 0 Å². The van der Waals surface area contributed by atoms with Crippen LogP contribution in [0.3, 0.4) is 0 Å². The van der Waals surface area contributed by atoms with Gasteiger partial charge in [-0.15, -0.1) is 6.58 Å². The summed E-state index contributed by atoms with van der Waals surface area (Å²) >= 11 is 0. The van der Waals surface area contributed by atoms with Crippen molar-refractivity contribution in [1.82, 2.24) is 0 Å². The zero-order valence-corrected chi connectivity index (χ0v) is 14.8. The molecule has 25 heavy (non-hydrogen) atoms. The van der Waals surface area contributed by atoms with Crippen molar-refractivity contribution in [1.29, 1.82) is 0 Å². The van der Waals surface area contributed by atoms with Crippen LogP contribution in [0.2, 0.25) is 0 Å². The largest absolute Gasteiger partial charge is 0.489 e. The van der Waals surface area contributed by atoms with Crippen molar-refractivity contribution >= 4 is 21.5 Å². The van der Waals surface area contributed by atoms with Crippen LogP contribution in [-0.2, 0) is 4.74 Å². The molecule has 0 radical (unpaired) electrons. The fourth-order valence-corrected chi connectivity index (χ4v) is 2.98. The molecule has 1 unspecified atom stereocenters. The Hall–Kier alpha value is -2.36. The van der Waals surface area contributed by atoms with Gasteiger partial charge in [0.2, 0.25) is 0 Å². The number of aliphatic hydroxyl groups excluding tert-OH is 1. The van der Waals surface area contributed by atoms with Crippen molar-refractivity contribution in [3.05, 3.63) is 66.2 Å². The van der Waals surface area contributed by atoms with Gasteiger partial charge in [0.25, 0.3) is 0 Å². The molecule has 0 spiro atoms. The minimum absolute atomic E-state index is 0.188. The van der Waals surface area contributed by atoms with Crippen LogP contribution in [-0.4, -0.2) is 31.0 Å². The van der Waals surface area contributed by atoms with E-state index in [1.54, 1.807) is 6.08 Å². The molecule has 0 aliphatic heterocycles. The minimum Gasteiger partial charge on any atom is -0.489 e. The molecular weight excluding hydrogens is 312 g/mol. The number of hydrogen-bond donors (Lipinski definition) is 1. The fourth-order valence-electron chi connectivity index (χ4n) is 2.98. The van der Waals surface area contributed by atoms with E-state index in [9.17, 15) is 5.11 Å². The van der Waals surface area contributed by atoms with E-state index in [4.69, 9.17) is 9.47 Å². The molecule has 3 aromatic rings. The molecule has 3 aromatic carbocycles. The van der Waals surface area contributed by atoms with Gasteiger partial charge in [0.05, 0.1) is 13.2 Å². The van der Waals surface area contributed by atoms with E-state index in [2.05, 4.69) is 62.9 Å². The molecule has 3 heteroatoms.